The zero-order valence-corrected chi connectivity index (χ0v) is 13.5. The number of piperidine rings is 1. The van der Waals surface area contributed by atoms with Crippen molar-refractivity contribution in [1.29, 1.82) is 0 Å². The Labute approximate surface area is 123 Å². The van der Waals surface area contributed by atoms with Gasteiger partial charge in [-0.15, -0.1) is 0 Å². The van der Waals surface area contributed by atoms with Crippen molar-refractivity contribution < 1.29 is 0 Å². The van der Waals surface area contributed by atoms with Crippen LogP contribution in [0.1, 0.15) is 50.8 Å². The van der Waals surface area contributed by atoms with Gasteiger partial charge >= 0.3 is 0 Å². The van der Waals surface area contributed by atoms with Crippen LogP contribution in [0.2, 0.25) is 0 Å². The van der Waals surface area contributed by atoms with E-state index >= 15 is 0 Å². The highest BCUT2D eigenvalue weighted by atomic mass is 15.1. The average Bonchev–Trinajstić information content (AvgIpc) is 2.87. The molecule has 1 unspecified atom stereocenters. The minimum Gasteiger partial charge on any atom is -0.330 e. The fourth-order valence-corrected chi connectivity index (χ4v) is 3.30. The summed E-state index contributed by atoms with van der Waals surface area (Å²) in [4.78, 5) is 6.75. The molecule has 4 nitrogen and oxygen atoms in total. The van der Waals surface area contributed by atoms with Crippen LogP contribution in [0.4, 0.5) is 0 Å². The van der Waals surface area contributed by atoms with Crippen molar-refractivity contribution in [2.24, 2.45) is 5.92 Å². The molecule has 0 aliphatic carbocycles. The van der Waals surface area contributed by atoms with Crippen LogP contribution in [0.25, 0.3) is 0 Å². The molecule has 1 N–H and O–H groups in total. The quantitative estimate of drug-likeness (QED) is 0.868. The second kappa shape index (κ2) is 7.23. The van der Waals surface area contributed by atoms with Gasteiger partial charge in [0, 0.05) is 30.4 Å². The molecule has 0 amide bonds. The standard InChI is InChI=1S/C16H30N4/c1-13(2)9-15(11-19(3)4)20-12-18-10-16(20)14-5-7-17-8-6-14/h10,12-15,17H,5-9,11H2,1-4H3. The first-order chi connectivity index (χ1) is 9.58. The number of aromatic nitrogens is 2. The van der Waals surface area contributed by atoms with Gasteiger partial charge in [0.25, 0.3) is 0 Å². The van der Waals surface area contributed by atoms with Crippen molar-refractivity contribution in [1.82, 2.24) is 19.8 Å². The van der Waals surface area contributed by atoms with E-state index in [2.05, 4.69) is 53.9 Å². The molecule has 1 fully saturated rings. The van der Waals surface area contributed by atoms with Crippen molar-refractivity contribution in [2.45, 2.75) is 45.1 Å². The van der Waals surface area contributed by atoms with Crippen LogP contribution in [0.15, 0.2) is 12.5 Å². The Hall–Kier alpha value is -0.870. The molecule has 1 aliphatic heterocycles. The van der Waals surface area contributed by atoms with Crippen LogP contribution in [0, 0.1) is 5.92 Å². The van der Waals surface area contributed by atoms with E-state index in [1.54, 1.807) is 0 Å². The summed E-state index contributed by atoms with van der Waals surface area (Å²) in [6.07, 6.45) is 7.84. The predicted molar refractivity (Wildman–Crippen MR) is 84.1 cm³/mol. The van der Waals surface area contributed by atoms with Gasteiger partial charge in [-0.25, -0.2) is 4.98 Å². The lowest BCUT2D eigenvalue weighted by Crippen LogP contribution is -2.30. The second-order valence-electron chi connectivity index (χ2n) is 6.80. The van der Waals surface area contributed by atoms with Crippen molar-refractivity contribution in [3.8, 4) is 0 Å². The van der Waals surface area contributed by atoms with Crippen LogP contribution >= 0.6 is 0 Å². The van der Waals surface area contributed by atoms with Crippen molar-refractivity contribution in [3.05, 3.63) is 18.2 Å². The van der Waals surface area contributed by atoms with Crippen LogP contribution in [-0.2, 0) is 0 Å². The minimum atomic E-state index is 0.539. The Morgan fingerprint density at radius 2 is 2.05 bits per heavy atom. The maximum absolute atomic E-state index is 4.46. The number of nitrogens with zero attached hydrogens (tertiary/aromatic N) is 3. The van der Waals surface area contributed by atoms with Gasteiger partial charge in [0.2, 0.25) is 0 Å². The van der Waals surface area contributed by atoms with Gasteiger partial charge < -0.3 is 14.8 Å². The second-order valence-corrected chi connectivity index (χ2v) is 6.80. The summed E-state index contributed by atoms with van der Waals surface area (Å²) >= 11 is 0. The average molecular weight is 278 g/mol. The predicted octanol–water partition coefficient (Wildman–Crippen LogP) is 2.50. The lowest BCUT2D eigenvalue weighted by Gasteiger charge is -2.29. The lowest BCUT2D eigenvalue weighted by atomic mass is 9.94. The third kappa shape index (κ3) is 4.06. The highest BCUT2D eigenvalue weighted by molar-refractivity contribution is 5.09. The molecule has 4 heteroatoms. The van der Waals surface area contributed by atoms with E-state index in [0.717, 1.165) is 19.6 Å². The monoisotopic (exact) mass is 278 g/mol. The molecule has 0 spiro atoms. The van der Waals surface area contributed by atoms with E-state index in [4.69, 9.17) is 0 Å². The van der Waals surface area contributed by atoms with Gasteiger partial charge in [0.05, 0.1) is 6.33 Å². The molecule has 1 saturated heterocycles. The third-order valence-corrected chi connectivity index (χ3v) is 4.17. The molecule has 0 aromatic carbocycles. The molecule has 1 aromatic heterocycles. The van der Waals surface area contributed by atoms with Crippen molar-refractivity contribution in [2.75, 3.05) is 33.7 Å². The van der Waals surface area contributed by atoms with Gasteiger partial charge in [-0.05, 0) is 52.4 Å². The van der Waals surface area contributed by atoms with Gasteiger partial charge in [-0.1, -0.05) is 13.8 Å². The fourth-order valence-electron chi connectivity index (χ4n) is 3.30. The molecule has 20 heavy (non-hydrogen) atoms. The van der Waals surface area contributed by atoms with Crippen molar-refractivity contribution >= 4 is 0 Å². The summed E-state index contributed by atoms with van der Waals surface area (Å²) in [5.41, 5.74) is 1.44. The fraction of sp³-hybridized carbons (Fsp3) is 0.812. The van der Waals surface area contributed by atoms with Crippen LogP contribution in [0.5, 0.6) is 0 Å². The van der Waals surface area contributed by atoms with Gasteiger partial charge in [-0.3, -0.25) is 0 Å². The first-order valence-electron chi connectivity index (χ1n) is 7.95. The van der Waals surface area contributed by atoms with Crippen LogP contribution in [-0.4, -0.2) is 48.2 Å². The molecule has 0 radical (unpaired) electrons. The Balaban J connectivity index is 2.17. The van der Waals surface area contributed by atoms with Crippen LogP contribution < -0.4 is 5.32 Å². The van der Waals surface area contributed by atoms with E-state index in [0.29, 0.717) is 17.9 Å². The lowest BCUT2D eigenvalue weighted by molar-refractivity contribution is 0.279. The molecule has 0 bridgehead atoms. The molecule has 2 rings (SSSR count). The number of nitrogens with one attached hydrogen (secondary N) is 1. The summed E-state index contributed by atoms with van der Waals surface area (Å²) < 4.78 is 2.45. The number of imidazole rings is 1. The largest absolute Gasteiger partial charge is 0.330 e. The van der Waals surface area contributed by atoms with Gasteiger partial charge in [0.15, 0.2) is 0 Å². The normalized spacial score (nSPS) is 18.9. The molecule has 1 aromatic rings. The third-order valence-electron chi connectivity index (χ3n) is 4.17. The van der Waals surface area contributed by atoms with Crippen LogP contribution in [0.3, 0.4) is 0 Å². The molecule has 1 aliphatic rings. The summed E-state index contributed by atoms with van der Waals surface area (Å²) in [6.45, 7) is 7.98. The summed E-state index contributed by atoms with van der Waals surface area (Å²) in [6, 6.07) is 0.539. The Morgan fingerprint density at radius 1 is 1.35 bits per heavy atom. The summed E-state index contributed by atoms with van der Waals surface area (Å²) in [5, 5.41) is 3.45. The smallest absolute Gasteiger partial charge is 0.0951 e. The topological polar surface area (TPSA) is 33.1 Å². The van der Waals surface area contributed by atoms with Crippen molar-refractivity contribution in [3.63, 3.8) is 0 Å². The Kier molecular flexibility index (Phi) is 5.61. The number of rotatable bonds is 6. The first kappa shape index (κ1) is 15.5. The van der Waals surface area contributed by atoms with E-state index in [-0.39, 0.29) is 0 Å². The van der Waals surface area contributed by atoms with E-state index in [9.17, 15) is 0 Å². The zero-order valence-electron chi connectivity index (χ0n) is 13.5. The Bertz CT molecular complexity index is 381. The SMILES string of the molecule is CC(C)CC(CN(C)C)n1cncc1C1CCNCC1. The van der Waals surface area contributed by atoms with Gasteiger partial charge in [-0.2, -0.15) is 0 Å². The molecule has 0 saturated carbocycles. The zero-order chi connectivity index (χ0) is 14.5. The van der Waals surface area contributed by atoms with Gasteiger partial charge in [0.1, 0.15) is 0 Å². The molecule has 2 heterocycles. The van der Waals surface area contributed by atoms with E-state index in [1.165, 1.54) is 25.0 Å². The molecule has 114 valence electrons. The maximum Gasteiger partial charge on any atom is 0.0951 e. The highest BCUT2D eigenvalue weighted by Gasteiger charge is 2.23. The first-order valence-corrected chi connectivity index (χ1v) is 7.95. The summed E-state index contributed by atoms with van der Waals surface area (Å²) in [5.74, 6) is 1.39. The molecular formula is C16H30N4. The number of hydrogen-bond donors (Lipinski definition) is 1. The van der Waals surface area contributed by atoms with E-state index < -0.39 is 0 Å². The molecule has 1 atom stereocenters. The maximum atomic E-state index is 4.46. The minimum absolute atomic E-state index is 0.539. The van der Waals surface area contributed by atoms with E-state index in [1.807, 2.05) is 6.33 Å². The number of hydrogen-bond acceptors (Lipinski definition) is 3. The Morgan fingerprint density at radius 3 is 2.65 bits per heavy atom. The highest BCUT2D eigenvalue weighted by Crippen LogP contribution is 2.29. The molecular weight excluding hydrogens is 248 g/mol. The number of likely N-dealkylation sites (N-methyl/N-ethyl adjacent to an activating group) is 1. The summed E-state index contributed by atoms with van der Waals surface area (Å²) in [7, 11) is 4.32.